The van der Waals surface area contributed by atoms with Crippen LogP contribution in [-0.4, -0.2) is 24.0 Å². The lowest BCUT2D eigenvalue weighted by atomic mass is 10.3. The van der Waals surface area contributed by atoms with Crippen LogP contribution in [0.15, 0.2) is 24.3 Å². The first-order valence-electron chi connectivity index (χ1n) is 5.23. The summed E-state index contributed by atoms with van der Waals surface area (Å²) in [6.45, 7) is 2.54. The molecule has 0 aromatic heterocycles. The van der Waals surface area contributed by atoms with E-state index in [2.05, 4.69) is 5.32 Å². The van der Waals surface area contributed by atoms with Gasteiger partial charge in [0.15, 0.2) is 0 Å². The molecule has 1 aromatic rings. The topological polar surface area (TPSA) is 62.1 Å². The van der Waals surface area contributed by atoms with E-state index in [1.165, 1.54) is 11.8 Å². The van der Waals surface area contributed by atoms with E-state index in [1.54, 1.807) is 12.1 Å². The maximum absolute atomic E-state index is 11.4. The van der Waals surface area contributed by atoms with Gasteiger partial charge in [-0.1, -0.05) is 0 Å². The third-order valence-electron chi connectivity index (χ3n) is 1.85. The third kappa shape index (κ3) is 5.27. The molecule has 5 heteroatoms. The number of nitrogens with zero attached hydrogens (tertiary/aromatic N) is 1. The van der Waals surface area contributed by atoms with Crippen molar-refractivity contribution in [1.82, 2.24) is 0 Å². The first-order valence-corrected chi connectivity index (χ1v) is 6.39. The summed E-state index contributed by atoms with van der Waals surface area (Å²) in [5.41, 5.74) is 0.732. The van der Waals surface area contributed by atoms with E-state index in [1.807, 2.05) is 25.1 Å². The molecule has 0 atom stereocenters. The Hall–Kier alpha value is -1.67. The minimum absolute atomic E-state index is 0.102. The van der Waals surface area contributed by atoms with Gasteiger partial charge in [-0.15, -0.1) is 11.8 Å². The Morgan fingerprint density at radius 3 is 2.76 bits per heavy atom. The average molecular weight is 250 g/mol. The van der Waals surface area contributed by atoms with E-state index >= 15 is 0 Å². The molecule has 0 fully saturated rings. The highest BCUT2D eigenvalue weighted by atomic mass is 32.2. The smallest absolute Gasteiger partial charge is 0.234 e. The van der Waals surface area contributed by atoms with Crippen molar-refractivity contribution >= 4 is 23.4 Å². The zero-order valence-electron chi connectivity index (χ0n) is 9.60. The maximum atomic E-state index is 11.4. The fraction of sp³-hybridized carbons (Fsp3) is 0.333. The number of thioether (sulfide) groups is 1. The standard InChI is InChI=1S/C12H14N2O2S/c1-2-16-11-5-3-10(4-6-11)14-12(15)9-17-8-7-13/h3-6H,2,8-9H2,1H3,(H,14,15). The van der Waals surface area contributed by atoms with Crippen LogP contribution in [-0.2, 0) is 4.79 Å². The molecule has 0 aliphatic heterocycles. The maximum Gasteiger partial charge on any atom is 0.234 e. The third-order valence-corrected chi connectivity index (χ3v) is 2.65. The number of ether oxygens (including phenoxy) is 1. The molecule has 4 nitrogen and oxygen atoms in total. The van der Waals surface area contributed by atoms with Crippen molar-refractivity contribution in [2.75, 3.05) is 23.4 Å². The SMILES string of the molecule is CCOc1ccc(NC(=O)CSCC#N)cc1. The summed E-state index contributed by atoms with van der Waals surface area (Å²) in [7, 11) is 0. The lowest BCUT2D eigenvalue weighted by molar-refractivity contribution is -0.113. The molecule has 1 rings (SSSR count). The van der Waals surface area contributed by atoms with Gasteiger partial charge in [-0.3, -0.25) is 4.79 Å². The second-order valence-corrected chi connectivity index (χ2v) is 4.14. The number of nitriles is 1. The van der Waals surface area contributed by atoms with Gasteiger partial charge in [0.25, 0.3) is 0 Å². The Morgan fingerprint density at radius 2 is 2.18 bits per heavy atom. The van der Waals surface area contributed by atoms with Crippen molar-refractivity contribution in [2.45, 2.75) is 6.92 Å². The van der Waals surface area contributed by atoms with Crippen molar-refractivity contribution in [3.63, 3.8) is 0 Å². The molecule has 0 aliphatic carbocycles. The second-order valence-electron chi connectivity index (χ2n) is 3.16. The van der Waals surface area contributed by atoms with Crippen molar-refractivity contribution in [2.24, 2.45) is 0 Å². The largest absolute Gasteiger partial charge is 0.494 e. The first kappa shape index (κ1) is 13.4. The number of nitrogens with one attached hydrogen (secondary N) is 1. The van der Waals surface area contributed by atoms with Gasteiger partial charge in [0.05, 0.1) is 24.2 Å². The molecule has 0 saturated heterocycles. The summed E-state index contributed by atoms with van der Waals surface area (Å²) in [5.74, 6) is 1.30. The Balaban J connectivity index is 2.40. The summed E-state index contributed by atoms with van der Waals surface area (Å²) in [5, 5.41) is 11.1. The fourth-order valence-corrected chi connectivity index (χ4v) is 1.64. The normalized spacial score (nSPS) is 9.41. The van der Waals surface area contributed by atoms with Crippen LogP contribution in [0.2, 0.25) is 0 Å². The summed E-state index contributed by atoms with van der Waals surface area (Å²) in [6.07, 6.45) is 0. The lowest BCUT2D eigenvalue weighted by Crippen LogP contribution is -2.14. The molecule has 1 N–H and O–H groups in total. The van der Waals surface area contributed by atoms with E-state index in [4.69, 9.17) is 10.00 Å². The van der Waals surface area contributed by atoms with Gasteiger partial charge >= 0.3 is 0 Å². The summed E-state index contributed by atoms with van der Waals surface area (Å²) in [6, 6.07) is 9.17. The van der Waals surface area contributed by atoms with E-state index in [9.17, 15) is 4.79 Å². The molecule has 0 spiro atoms. The number of hydrogen-bond donors (Lipinski definition) is 1. The number of benzene rings is 1. The average Bonchev–Trinajstić information content (AvgIpc) is 2.32. The summed E-state index contributed by atoms with van der Waals surface area (Å²) < 4.78 is 5.29. The van der Waals surface area contributed by atoms with Crippen LogP contribution in [0.1, 0.15) is 6.92 Å². The predicted molar refractivity (Wildman–Crippen MR) is 69.2 cm³/mol. The lowest BCUT2D eigenvalue weighted by Gasteiger charge is -2.06. The van der Waals surface area contributed by atoms with Gasteiger partial charge in [-0.05, 0) is 31.2 Å². The quantitative estimate of drug-likeness (QED) is 0.787. The molecule has 1 aromatic carbocycles. The van der Waals surface area contributed by atoms with Crippen LogP contribution in [0.3, 0.4) is 0 Å². The van der Waals surface area contributed by atoms with Gasteiger partial charge in [-0.2, -0.15) is 5.26 Å². The summed E-state index contributed by atoms with van der Waals surface area (Å²) in [4.78, 5) is 11.4. The van der Waals surface area contributed by atoms with Crippen molar-refractivity contribution < 1.29 is 9.53 Å². The number of carbonyl (C=O) groups excluding carboxylic acids is 1. The molecular formula is C12H14N2O2S. The zero-order chi connectivity index (χ0) is 12.5. The Morgan fingerprint density at radius 1 is 1.47 bits per heavy atom. The molecule has 0 bridgehead atoms. The van der Waals surface area contributed by atoms with Crippen LogP contribution in [0.4, 0.5) is 5.69 Å². The van der Waals surface area contributed by atoms with Crippen LogP contribution >= 0.6 is 11.8 Å². The van der Waals surface area contributed by atoms with Crippen LogP contribution in [0.25, 0.3) is 0 Å². The van der Waals surface area contributed by atoms with Gasteiger partial charge < -0.3 is 10.1 Å². The van der Waals surface area contributed by atoms with Gasteiger partial charge in [0.1, 0.15) is 5.75 Å². The van der Waals surface area contributed by atoms with E-state index in [0.717, 1.165) is 11.4 Å². The van der Waals surface area contributed by atoms with E-state index in [-0.39, 0.29) is 5.91 Å². The van der Waals surface area contributed by atoms with Gasteiger partial charge in [-0.25, -0.2) is 0 Å². The first-order chi connectivity index (χ1) is 8.26. The second kappa shape index (κ2) is 7.58. The number of carbonyl (C=O) groups is 1. The molecule has 0 heterocycles. The van der Waals surface area contributed by atoms with Crippen LogP contribution in [0, 0.1) is 11.3 Å². The van der Waals surface area contributed by atoms with Crippen molar-refractivity contribution in [3.05, 3.63) is 24.3 Å². The van der Waals surface area contributed by atoms with Crippen LogP contribution < -0.4 is 10.1 Å². The van der Waals surface area contributed by atoms with E-state index in [0.29, 0.717) is 18.1 Å². The predicted octanol–water partition coefficient (Wildman–Crippen LogP) is 2.28. The molecular weight excluding hydrogens is 236 g/mol. The number of hydrogen-bond acceptors (Lipinski definition) is 4. The molecule has 90 valence electrons. The highest BCUT2D eigenvalue weighted by molar-refractivity contribution is 8.00. The minimum Gasteiger partial charge on any atom is -0.494 e. The Bertz CT molecular complexity index is 398. The van der Waals surface area contributed by atoms with Crippen LogP contribution in [0.5, 0.6) is 5.75 Å². The molecule has 0 aliphatic rings. The highest BCUT2D eigenvalue weighted by Gasteiger charge is 2.02. The molecule has 0 unspecified atom stereocenters. The van der Waals surface area contributed by atoms with Crippen molar-refractivity contribution in [1.29, 1.82) is 5.26 Å². The molecule has 17 heavy (non-hydrogen) atoms. The van der Waals surface area contributed by atoms with E-state index < -0.39 is 0 Å². The molecule has 0 radical (unpaired) electrons. The Kier molecular flexibility index (Phi) is 5.97. The van der Waals surface area contributed by atoms with Crippen molar-refractivity contribution in [3.8, 4) is 11.8 Å². The summed E-state index contributed by atoms with van der Waals surface area (Å²) >= 11 is 1.29. The fourth-order valence-electron chi connectivity index (χ4n) is 1.19. The monoisotopic (exact) mass is 250 g/mol. The number of rotatable bonds is 6. The Labute approximate surface area is 105 Å². The molecule has 0 saturated carbocycles. The zero-order valence-corrected chi connectivity index (χ0v) is 10.4. The highest BCUT2D eigenvalue weighted by Crippen LogP contribution is 2.15. The number of anilines is 1. The van der Waals surface area contributed by atoms with Gasteiger partial charge in [0, 0.05) is 5.69 Å². The van der Waals surface area contributed by atoms with Gasteiger partial charge in [0.2, 0.25) is 5.91 Å². The number of amides is 1. The molecule has 1 amide bonds. The minimum atomic E-state index is -0.102.